The van der Waals surface area contributed by atoms with Crippen LogP contribution in [-0.2, 0) is 26.5 Å². The molecule has 4 rings (SSSR count). The lowest BCUT2D eigenvalue weighted by molar-refractivity contribution is -0.148. The van der Waals surface area contributed by atoms with Crippen LogP contribution in [0.2, 0.25) is 0 Å². The number of hydrogen-bond acceptors (Lipinski definition) is 6. The molecule has 4 amide bonds. The molecule has 9 heteroatoms. The highest BCUT2D eigenvalue weighted by Gasteiger charge is 2.57. The Balaban J connectivity index is 1.58. The zero-order valence-electron chi connectivity index (χ0n) is 18.8. The molecule has 2 aromatic rings. The molecule has 174 valence electrons. The normalized spacial score (nSPS) is 22.4. The molecule has 0 spiro atoms. The number of nitrogens with one attached hydrogen (secondary N) is 1. The van der Waals surface area contributed by atoms with Crippen LogP contribution in [0.5, 0.6) is 0 Å². The largest absolute Gasteiger partial charge is 0.336 e. The predicted octanol–water partition coefficient (Wildman–Crippen LogP) is 2.94. The number of amides is 4. The molecule has 0 bridgehead atoms. The Morgan fingerprint density at radius 2 is 2.03 bits per heavy atom. The summed E-state index contributed by atoms with van der Waals surface area (Å²) in [7, 11) is 0. The van der Waals surface area contributed by atoms with Gasteiger partial charge in [-0.2, -0.15) is 11.3 Å². The zero-order chi connectivity index (χ0) is 23.6. The van der Waals surface area contributed by atoms with Gasteiger partial charge in [-0.15, -0.1) is 0 Å². The molecule has 0 unspecified atom stereocenters. The Labute approximate surface area is 197 Å². The average Bonchev–Trinajstić information content (AvgIpc) is 3.46. The fourth-order valence-corrected chi connectivity index (χ4v) is 5.34. The Bertz CT molecular complexity index is 1030. The second kappa shape index (κ2) is 9.43. The van der Waals surface area contributed by atoms with Crippen LogP contribution in [0.4, 0.5) is 4.79 Å². The Morgan fingerprint density at radius 3 is 2.64 bits per heavy atom. The number of nitrogens with zero attached hydrogens (tertiary/aromatic N) is 3. The standard InChI is InChI=1S/C24H28N4O4S/c1-3-16(2)20(29)21(30)27-10-6-18(7-11-27)24(19-5-4-9-25-13-19)22(31)28(23(32)26-24)14-17-8-12-33-15-17/h4-5,8-9,12-13,15-16,18H,3,6-7,10-11,14H2,1-2H3,(H,26,32)/t16-,24-/m0/s1. The van der Waals surface area contributed by atoms with Crippen LogP contribution < -0.4 is 5.32 Å². The third-order valence-electron chi connectivity index (χ3n) is 6.83. The van der Waals surface area contributed by atoms with Crippen LogP contribution in [0.1, 0.15) is 44.2 Å². The fraction of sp³-hybridized carbons (Fsp3) is 0.458. The number of aromatic nitrogens is 1. The molecule has 0 aromatic carbocycles. The average molecular weight is 469 g/mol. The Hall–Kier alpha value is -3.07. The predicted molar refractivity (Wildman–Crippen MR) is 123 cm³/mol. The second-order valence-corrected chi connectivity index (χ2v) is 9.52. The van der Waals surface area contributed by atoms with Crippen LogP contribution in [-0.4, -0.2) is 51.5 Å². The molecule has 0 aliphatic carbocycles. The number of hydrogen-bond donors (Lipinski definition) is 1. The van der Waals surface area contributed by atoms with Crippen molar-refractivity contribution in [3.05, 3.63) is 52.5 Å². The number of rotatable bonds is 7. The van der Waals surface area contributed by atoms with Crippen molar-refractivity contribution >= 4 is 35.0 Å². The topological polar surface area (TPSA) is 99.7 Å². The number of piperidine rings is 1. The van der Waals surface area contributed by atoms with Crippen molar-refractivity contribution < 1.29 is 19.2 Å². The van der Waals surface area contributed by atoms with Gasteiger partial charge in [-0.25, -0.2) is 4.79 Å². The van der Waals surface area contributed by atoms with Crippen molar-refractivity contribution in [2.45, 2.75) is 45.2 Å². The molecule has 2 aliphatic heterocycles. The van der Waals surface area contributed by atoms with Gasteiger partial charge in [-0.3, -0.25) is 24.3 Å². The summed E-state index contributed by atoms with van der Waals surface area (Å²) in [5.74, 6) is -1.66. The smallest absolute Gasteiger partial charge is 0.325 e. The van der Waals surface area contributed by atoms with Crippen LogP contribution in [0.15, 0.2) is 41.4 Å². The summed E-state index contributed by atoms with van der Waals surface area (Å²) >= 11 is 1.51. The van der Waals surface area contributed by atoms with Crippen LogP contribution in [0, 0.1) is 11.8 Å². The molecule has 1 N–H and O–H groups in total. The Morgan fingerprint density at radius 1 is 1.27 bits per heavy atom. The van der Waals surface area contributed by atoms with Crippen molar-refractivity contribution in [1.29, 1.82) is 0 Å². The van der Waals surface area contributed by atoms with Gasteiger partial charge in [0.05, 0.1) is 6.54 Å². The van der Waals surface area contributed by atoms with Gasteiger partial charge in [0, 0.05) is 37.0 Å². The third kappa shape index (κ3) is 4.17. The number of thiophene rings is 1. The zero-order valence-corrected chi connectivity index (χ0v) is 19.6. The minimum atomic E-state index is -1.24. The van der Waals surface area contributed by atoms with Crippen molar-refractivity contribution in [3.63, 3.8) is 0 Å². The molecule has 0 saturated carbocycles. The van der Waals surface area contributed by atoms with Gasteiger partial charge in [0.25, 0.3) is 11.8 Å². The summed E-state index contributed by atoms with van der Waals surface area (Å²) < 4.78 is 0. The monoisotopic (exact) mass is 468 g/mol. The lowest BCUT2D eigenvalue weighted by Crippen LogP contribution is -2.55. The third-order valence-corrected chi connectivity index (χ3v) is 7.57. The van der Waals surface area contributed by atoms with Gasteiger partial charge in [0.2, 0.25) is 5.78 Å². The SMILES string of the molecule is CC[C@H](C)C(=O)C(=O)N1CCC([C@@]2(c3cccnc3)NC(=O)N(Cc3ccsc3)C2=O)CC1. The molecule has 0 radical (unpaired) electrons. The summed E-state index contributed by atoms with van der Waals surface area (Å²) in [6.45, 7) is 4.58. The maximum Gasteiger partial charge on any atom is 0.325 e. The highest BCUT2D eigenvalue weighted by Crippen LogP contribution is 2.41. The van der Waals surface area contributed by atoms with E-state index in [-0.39, 0.29) is 30.1 Å². The molecule has 2 fully saturated rings. The molecule has 33 heavy (non-hydrogen) atoms. The first-order valence-corrected chi connectivity index (χ1v) is 12.2. The van der Waals surface area contributed by atoms with E-state index in [0.717, 1.165) is 5.56 Å². The number of pyridine rings is 1. The molecule has 2 saturated heterocycles. The lowest BCUT2D eigenvalue weighted by atomic mass is 9.73. The lowest BCUT2D eigenvalue weighted by Gasteiger charge is -2.41. The van der Waals surface area contributed by atoms with E-state index in [9.17, 15) is 19.2 Å². The first-order valence-electron chi connectivity index (χ1n) is 11.3. The molecule has 2 aliphatic rings. The van der Waals surface area contributed by atoms with Gasteiger partial charge in [0.1, 0.15) is 0 Å². The molecule has 2 aromatic heterocycles. The summed E-state index contributed by atoms with van der Waals surface area (Å²) in [5.41, 5.74) is 0.295. The second-order valence-electron chi connectivity index (χ2n) is 8.74. The maximum atomic E-state index is 13.8. The summed E-state index contributed by atoms with van der Waals surface area (Å²) in [6.07, 6.45) is 4.85. The molecule has 4 heterocycles. The highest BCUT2D eigenvalue weighted by atomic mass is 32.1. The summed E-state index contributed by atoms with van der Waals surface area (Å²) in [5, 5.41) is 6.82. The van der Waals surface area contributed by atoms with Gasteiger partial charge in [-0.1, -0.05) is 19.9 Å². The summed E-state index contributed by atoms with van der Waals surface area (Å²) in [6, 6.07) is 5.03. The van der Waals surface area contributed by atoms with E-state index >= 15 is 0 Å². The van der Waals surface area contributed by atoms with E-state index in [1.165, 1.54) is 16.2 Å². The molecular weight excluding hydrogens is 440 g/mol. The number of imide groups is 1. The Kier molecular flexibility index (Phi) is 6.60. The first-order chi connectivity index (χ1) is 15.9. The number of urea groups is 1. The van der Waals surface area contributed by atoms with Crippen molar-refractivity contribution in [2.24, 2.45) is 11.8 Å². The molecule has 8 nitrogen and oxygen atoms in total. The number of ketones is 1. The van der Waals surface area contributed by atoms with E-state index in [1.807, 2.05) is 29.8 Å². The van der Waals surface area contributed by atoms with Crippen molar-refractivity contribution in [2.75, 3.05) is 13.1 Å². The molecule has 2 atom stereocenters. The number of carbonyl (C=O) groups is 4. The summed E-state index contributed by atoms with van der Waals surface area (Å²) in [4.78, 5) is 58.8. The highest BCUT2D eigenvalue weighted by molar-refractivity contribution is 7.07. The van der Waals surface area contributed by atoms with E-state index < -0.39 is 17.5 Å². The minimum Gasteiger partial charge on any atom is -0.336 e. The van der Waals surface area contributed by atoms with Crippen LogP contribution in [0.25, 0.3) is 0 Å². The van der Waals surface area contributed by atoms with Crippen LogP contribution in [0.3, 0.4) is 0 Å². The number of carbonyl (C=O) groups excluding carboxylic acids is 4. The van der Waals surface area contributed by atoms with Crippen molar-refractivity contribution in [1.82, 2.24) is 20.1 Å². The van der Waals surface area contributed by atoms with Gasteiger partial charge in [0.15, 0.2) is 5.54 Å². The van der Waals surface area contributed by atoms with E-state index in [0.29, 0.717) is 37.9 Å². The van der Waals surface area contributed by atoms with Crippen molar-refractivity contribution in [3.8, 4) is 0 Å². The maximum absolute atomic E-state index is 13.8. The van der Waals surface area contributed by atoms with E-state index in [1.54, 1.807) is 30.3 Å². The minimum absolute atomic E-state index is 0.205. The number of likely N-dealkylation sites (tertiary alicyclic amines) is 1. The van der Waals surface area contributed by atoms with Crippen LogP contribution >= 0.6 is 11.3 Å². The quantitative estimate of drug-likeness (QED) is 0.498. The van der Waals surface area contributed by atoms with Gasteiger partial charge < -0.3 is 10.2 Å². The van der Waals surface area contributed by atoms with E-state index in [2.05, 4.69) is 10.3 Å². The molecular formula is C24H28N4O4S. The fourth-order valence-electron chi connectivity index (χ4n) is 4.68. The number of Topliss-reactive ketones (excluding diaryl/α,β-unsaturated/α-hetero) is 1. The van der Waals surface area contributed by atoms with Gasteiger partial charge in [-0.05, 0) is 53.6 Å². The first kappa shape index (κ1) is 23.1. The van der Waals surface area contributed by atoms with Gasteiger partial charge >= 0.3 is 6.03 Å². The van der Waals surface area contributed by atoms with E-state index in [4.69, 9.17) is 0 Å².